The van der Waals surface area contributed by atoms with Crippen LogP contribution in [0.3, 0.4) is 0 Å². The predicted octanol–water partition coefficient (Wildman–Crippen LogP) is 0.631. The van der Waals surface area contributed by atoms with Crippen molar-refractivity contribution in [3.63, 3.8) is 0 Å². The first-order valence-electron chi connectivity index (χ1n) is 6.08. The number of amides is 1. The number of rotatable bonds is 2. The highest BCUT2D eigenvalue weighted by Crippen LogP contribution is 2.24. The highest BCUT2D eigenvalue weighted by molar-refractivity contribution is 5.79. The van der Waals surface area contributed by atoms with Gasteiger partial charge in [0.05, 0.1) is 5.92 Å². The summed E-state index contributed by atoms with van der Waals surface area (Å²) < 4.78 is 0. The summed E-state index contributed by atoms with van der Waals surface area (Å²) in [6, 6.07) is 0.0785. The average molecular weight is 211 g/mol. The second kappa shape index (κ2) is 4.94. The zero-order valence-electron chi connectivity index (χ0n) is 9.24. The molecule has 0 spiro atoms. The number of nitrogens with two attached hydrogens (primary N) is 1. The number of carbonyl (C=O) groups is 1. The fraction of sp³-hybridized carbons (Fsp3) is 0.909. The summed E-state index contributed by atoms with van der Waals surface area (Å²) in [5, 5.41) is 2.05. The monoisotopic (exact) mass is 211 g/mol. The molecule has 15 heavy (non-hydrogen) atoms. The van der Waals surface area contributed by atoms with Crippen molar-refractivity contribution in [3.05, 3.63) is 0 Å². The molecule has 2 rings (SSSR count). The second-order valence-electron chi connectivity index (χ2n) is 4.73. The quantitative estimate of drug-likeness (QED) is 0.704. The van der Waals surface area contributed by atoms with Crippen LogP contribution in [0.15, 0.2) is 0 Å². The fourth-order valence-electron chi connectivity index (χ4n) is 2.56. The molecule has 0 aromatic rings. The van der Waals surface area contributed by atoms with E-state index in [1.807, 2.05) is 0 Å². The Morgan fingerprint density at radius 1 is 1.13 bits per heavy atom. The molecule has 1 heterocycles. The smallest absolute Gasteiger partial charge is 0.238 e. The van der Waals surface area contributed by atoms with Crippen LogP contribution in [0, 0.1) is 5.92 Å². The van der Waals surface area contributed by atoms with Crippen molar-refractivity contribution >= 4 is 5.91 Å². The topological polar surface area (TPSA) is 58.4 Å². The summed E-state index contributed by atoms with van der Waals surface area (Å²) >= 11 is 0. The molecule has 4 heteroatoms. The third-order valence-electron chi connectivity index (χ3n) is 3.53. The van der Waals surface area contributed by atoms with E-state index in [2.05, 4.69) is 10.4 Å². The fourth-order valence-corrected chi connectivity index (χ4v) is 2.56. The molecule has 2 fully saturated rings. The van der Waals surface area contributed by atoms with Gasteiger partial charge < -0.3 is 5.73 Å². The number of nitrogens with zero attached hydrogens (tertiary/aromatic N) is 1. The highest BCUT2D eigenvalue weighted by atomic mass is 16.2. The average Bonchev–Trinajstić information content (AvgIpc) is 2.66. The maximum Gasteiger partial charge on any atom is 0.238 e. The number of hydrogen-bond acceptors (Lipinski definition) is 3. The van der Waals surface area contributed by atoms with Gasteiger partial charge in [-0.2, -0.15) is 0 Å². The predicted molar refractivity (Wildman–Crippen MR) is 58.9 cm³/mol. The second-order valence-corrected chi connectivity index (χ2v) is 4.73. The molecule has 0 radical (unpaired) electrons. The van der Waals surface area contributed by atoms with Gasteiger partial charge in [0, 0.05) is 19.1 Å². The van der Waals surface area contributed by atoms with Gasteiger partial charge >= 0.3 is 0 Å². The van der Waals surface area contributed by atoms with Gasteiger partial charge in [0.2, 0.25) is 5.91 Å². The summed E-state index contributed by atoms with van der Waals surface area (Å²) in [5.41, 5.74) is 8.91. The van der Waals surface area contributed by atoms with Crippen LogP contribution in [0.25, 0.3) is 0 Å². The van der Waals surface area contributed by atoms with E-state index in [0.29, 0.717) is 0 Å². The van der Waals surface area contributed by atoms with E-state index < -0.39 is 0 Å². The van der Waals surface area contributed by atoms with Crippen molar-refractivity contribution in [2.24, 2.45) is 11.7 Å². The lowest BCUT2D eigenvalue weighted by atomic mass is 10.0. The van der Waals surface area contributed by atoms with E-state index in [-0.39, 0.29) is 17.9 Å². The zero-order valence-corrected chi connectivity index (χ0v) is 9.24. The minimum atomic E-state index is 0.0481. The zero-order chi connectivity index (χ0) is 10.7. The van der Waals surface area contributed by atoms with E-state index in [1.165, 1.54) is 19.3 Å². The number of hydrazine groups is 1. The number of carbonyl (C=O) groups excluding carboxylic acids is 1. The van der Waals surface area contributed by atoms with Crippen LogP contribution >= 0.6 is 0 Å². The van der Waals surface area contributed by atoms with E-state index in [4.69, 9.17) is 5.73 Å². The lowest BCUT2D eigenvalue weighted by molar-refractivity contribution is -0.130. The van der Waals surface area contributed by atoms with Crippen LogP contribution in [0.5, 0.6) is 0 Å². The van der Waals surface area contributed by atoms with Gasteiger partial charge in [0.15, 0.2) is 0 Å². The molecule has 1 saturated carbocycles. The molecule has 4 nitrogen and oxygen atoms in total. The molecule has 0 aromatic carbocycles. The van der Waals surface area contributed by atoms with Crippen LogP contribution in [0.2, 0.25) is 0 Å². The van der Waals surface area contributed by atoms with Gasteiger partial charge in [-0.25, -0.2) is 5.01 Å². The minimum Gasteiger partial charge on any atom is -0.327 e. The summed E-state index contributed by atoms with van der Waals surface area (Å²) in [5.74, 6) is 0.189. The normalized spacial score (nSPS) is 32.9. The molecule has 1 aliphatic heterocycles. The Morgan fingerprint density at radius 2 is 1.87 bits per heavy atom. The standard InChI is InChI=1S/C11H21N3O/c12-10-6-4-5-9(10)11(15)13-14-7-2-1-3-8-14/h9-10H,1-8,12H2,(H,13,15). The van der Waals surface area contributed by atoms with Gasteiger partial charge in [0.25, 0.3) is 0 Å². The molecular formula is C11H21N3O. The lowest BCUT2D eigenvalue weighted by Gasteiger charge is -2.28. The van der Waals surface area contributed by atoms with Crippen LogP contribution < -0.4 is 11.2 Å². The van der Waals surface area contributed by atoms with Crippen LogP contribution in [-0.4, -0.2) is 30.0 Å². The van der Waals surface area contributed by atoms with E-state index >= 15 is 0 Å². The third-order valence-corrected chi connectivity index (χ3v) is 3.53. The van der Waals surface area contributed by atoms with Crippen LogP contribution in [0.4, 0.5) is 0 Å². The Labute approximate surface area is 91.2 Å². The first kappa shape index (κ1) is 10.9. The molecule has 0 aromatic heterocycles. The summed E-state index contributed by atoms with van der Waals surface area (Å²) in [6.45, 7) is 1.99. The molecule has 1 amide bonds. The Morgan fingerprint density at radius 3 is 2.47 bits per heavy atom. The maximum atomic E-state index is 11.9. The van der Waals surface area contributed by atoms with Gasteiger partial charge in [0.1, 0.15) is 0 Å². The molecule has 2 aliphatic rings. The van der Waals surface area contributed by atoms with E-state index in [9.17, 15) is 4.79 Å². The number of hydrogen-bond donors (Lipinski definition) is 2. The Kier molecular flexibility index (Phi) is 3.59. The van der Waals surface area contributed by atoms with Crippen molar-refractivity contribution in [2.75, 3.05) is 13.1 Å². The summed E-state index contributed by atoms with van der Waals surface area (Å²) in [4.78, 5) is 11.9. The molecule has 1 saturated heterocycles. The molecule has 2 atom stereocenters. The highest BCUT2D eigenvalue weighted by Gasteiger charge is 2.31. The largest absolute Gasteiger partial charge is 0.327 e. The molecule has 0 bridgehead atoms. The third kappa shape index (κ3) is 2.69. The first-order chi connectivity index (χ1) is 7.27. The van der Waals surface area contributed by atoms with Crippen LogP contribution in [0.1, 0.15) is 38.5 Å². The van der Waals surface area contributed by atoms with Gasteiger partial charge in [-0.1, -0.05) is 12.8 Å². The first-order valence-corrected chi connectivity index (χ1v) is 6.08. The van der Waals surface area contributed by atoms with Gasteiger partial charge in [-0.3, -0.25) is 10.2 Å². The molecule has 1 aliphatic carbocycles. The summed E-state index contributed by atoms with van der Waals surface area (Å²) in [6.07, 6.45) is 6.72. The van der Waals surface area contributed by atoms with Gasteiger partial charge in [-0.05, 0) is 25.7 Å². The van der Waals surface area contributed by atoms with E-state index in [0.717, 1.165) is 32.4 Å². The van der Waals surface area contributed by atoms with Crippen molar-refractivity contribution < 1.29 is 4.79 Å². The SMILES string of the molecule is NC1CCCC1C(=O)NN1CCCCC1. The lowest BCUT2D eigenvalue weighted by Crippen LogP contribution is -2.49. The minimum absolute atomic E-state index is 0.0481. The maximum absolute atomic E-state index is 11.9. The molecule has 3 N–H and O–H groups in total. The van der Waals surface area contributed by atoms with Crippen LogP contribution in [-0.2, 0) is 4.79 Å². The molecule has 86 valence electrons. The van der Waals surface area contributed by atoms with Crippen molar-refractivity contribution in [2.45, 2.75) is 44.6 Å². The van der Waals surface area contributed by atoms with Gasteiger partial charge in [-0.15, -0.1) is 0 Å². The molecule has 2 unspecified atom stereocenters. The van der Waals surface area contributed by atoms with Crippen molar-refractivity contribution in [1.29, 1.82) is 0 Å². The van der Waals surface area contributed by atoms with Crippen molar-refractivity contribution in [1.82, 2.24) is 10.4 Å². The number of nitrogens with one attached hydrogen (secondary N) is 1. The number of piperidine rings is 1. The Bertz CT molecular complexity index is 226. The van der Waals surface area contributed by atoms with E-state index in [1.54, 1.807) is 0 Å². The molecular weight excluding hydrogens is 190 g/mol. The Balaban J connectivity index is 1.80. The van der Waals surface area contributed by atoms with Crippen molar-refractivity contribution in [3.8, 4) is 0 Å². The summed E-state index contributed by atoms with van der Waals surface area (Å²) in [7, 11) is 0. The Hall–Kier alpha value is -0.610.